The number of thiophene rings is 1. The molecule has 1 heterocycles. The summed E-state index contributed by atoms with van der Waals surface area (Å²) in [5, 5.41) is 18.8. The summed E-state index contributed by atoms with van der Waals surface area (Å²) >= 11 is 1.16. The Balaban J connectivity index is 1.76. The average Bonchev–Trinajstić information content (AvgIpc) is 3.29. The Morgan fingerprint density at radius 1 is 1.12 bits per heavy atom. The first-order valence-corrected chi connectivity index (χ1v) is 11.1. The van der Waals surface area contributed by atoms with Crippen molar-refractivity contribution in [3.05, 3.63) is 70.1 Å². The van der Waals surface area contributed by atoms with Gasteiger partial charge in [-0.2, -0.15) is 0 Å². The fourth-order valence-electron chi connectivity index (χ4n) is 3.19. The number of carbonyl (C=O) groups is 3. The van der Waals surface area contributed by atoms with Gasteiger partial charge < -0.3 is 15.0 Å². The van der Waals surface area contributed by atoms with E-state index in [-0.39, 0.29) is 29.4 Å². The molecule has 0 radical (unpaired) electrons. The van der Waals surface area contributed by atoms with E-state index in [2.05, 4.69) is 5.32 Å². The van der Waals surface area contributed by atoms with Crippen LogP contribution in [0.4, 0.5) is 5.00 Å². The molecule has 0 aliphatic heterocycles. The van der Waals surface area contributed by atoms with E-state index in [9.17, 15) is 14.4 Å². The van der Waals surface area contributed by atoms with Crippen molar-refractivity contribution in [1.29, 1.82) is 10.8 Å². The first kappa shape index (κ1) is 24.6. The van der Waals surface area contributed by atoms with Gasteiger partial charge in [-0.1, -0.05) is 18.2 Å². The number of nitrogens with zero attached hydrogens (tertiary/aromatic N) is 2. The fraction of sp³-hybridized carbons (Fsp3) is 0.208. The zero-order valence-corrected chi connectivity index (χ0v) is 19.9. The van der Waals surface area contributed by atoms with Gasteiger partial charge in [-0.05, 0) is 41.5 Å². The number of amides is 3. The predicted octanol–water partition coefficient (Wildman–Crippen LogP) is 2.89. The number of benzene rings is 1. The van der Waals surface area contributed by atoms with Crippen molar-refractivity contribution in [1.82, 2.24) is 10.2 Å². The topological polar surface area (TPSA) is 127 Å². The third kappa shape index (κ3) is 5.65. The molecule has 3 rings (SSSR count). The number of ether oxygens (including phenoxy) is 1. The van der Waals surface area contributed by atoms with Crippen LogP contribution in [0.1, 0.15) is 25.6 Å². The number of rotatable bonds is 9. The third-order valence-electron chi connectivity index (χ3n) is 5.01. The minimum atomic E-state index is -0.550. The summed E-state index contributed by atoms with van der Waals surface area (Å²) in [7, 11) is 5.10. The van der Waals surface area contributed by atoms with E-state index in [4.69, 9.17) is 15.6 Å². The van der Waals surface area contributed by atoms with Crippen molar-refractivity contribution in [2.24, 2.45) is 0 Å². The summed E-state index contributed by atoms with van der Waals surface area (Å²) in [5.74, 6) is -0.155. The summed E-state index contributed by atoms with van der Waals surface area (Å²) in [6, 6.07) is 8.81. The van der Waals surface area contributed by atoms with E-state index >= 15 is 0 Å². The van der Waals surface area contributed by atoms with E-state index < -0.39 is 5.91 Å². The van der Waals surface area contributed by atoms with Crippen LogP contribution in [0.5, 0.6) is 5.75 Å². The van der Waals surface area contributed by atoms with Gasteiger partial charge in [0.05, 0.1) is 35.5 Å². The van der Waals surface area contributed by atoms with Gasteiger partial charge in [-0.15, -0.1) is 11.3 Å². The second kappa shape index (κ2) is 10.7. The second-order valence-electron chi connectivity index (χ2n) is 7.67. The van der Waals surface area contributed by atoms with Crippen LogP contribution < -0.4 is 15.0 Å². The van der Waals surface area contributed by atoms with Crippen LogP contribution in [-0.2, 0) is 11.3 Å². The standard InChI is InChI=1S/C24H25N5O4S/c1-28(2)24-18(23(32)29(14-30)13-16-6-9-19(25)20(26)10-16)11-21(34-24)22(31)27-12-15-4-7-17(33-3)8-5-15/h4-11,14,25-26H,12-13H2,1-3H3,(H,27,31). The highest BCUT2D eigenvalue weighted by Gasteiger charge is 2.25. The van der Waals surface area contributed by atoms with Crippen molar-refractivity contribution >= 4 is 46.0 Å². The molecule has 1 aromatic carbocycles. The fourth-order valence-corrected chi connectivity index (χ4v) is 4.18. The SMILES string of the molecule is COc1ccc(CNC(=O)c2cc(C(=O)N(C=O)CC3=CC(=N)C(=N)C=C3)c(N(C)C)s2)cc1. The minimum Gasteiger partial charge on any atom is -0.497 e. The van der Waals surface area contributed by atoms with Gasteiger partial charge in [0, 0.05) is 20.6 Å². The minimum absolute atomic E-state index is 0.0103. The molecule has 0 saturated carbocycles. The van der Waals surface area contributed by atoms with Gasteiger partial charge in [-0.25, -0.2) is 0 Å². The molecule has 1 aliphatic rings. The first-order chi connectivity index (χ1) is 16.2. The summed E-state index contributed by atoms with van der Waals surface area (Å²) < 4.78 is 5.13. The lowest BCUT2D eigenvalue weighted by molar-refractivity contribution is -0.115. The molecular weight excluding hydrogens is 454 g/mol. The number of hydrogen-bond donors (Lipinski definition) is 3. The van der Waals surface area contributed by atoms with Crippen molar-refractivity contribution < 1.29 is 19.1 Å². The van der Waals surface area contributed by atoms with Crippen molar-refractivity contribution in [3.63, 3.8) is 0 Å². The molecule has 0 saturated heterocycles. The number of anilines is 1. The molecule has 3 N–H and O–H groups in total. The summed E-state index contributed by atoms with van der Waals surface area (Å²) in [5.41, 5.74) is 1.76. The lowest BCUT2D eigenvalue weighted by Crippen LogP contribution is -2.32. The third-order valence-corrected chi connectivity index (χ3v) is 6.31. The van der Waals surface area contributed by atoms with Crippen LogP contribution in [-0.4, -0.2) is 62.3 Å². The maximum atomic E-state index is 13.2. The largest absolute Gasteiger partial charge is 0.497 e. The molecule has 3 amide bonds. The highest BCUT2D eigenvalue weighted by Crippen LogP contribution is 2.31. The molecular formula is C24H25N5O4S. The quantitative estimate of drug-likeness (QED) is 0.377. The van der Waals surface area contributed by atoms with Crippen LogP contribution in [0.2, 0.25) is 0 Å². The molecule has 0 fully saturated rings. The zero-order valence-electron chi connectivity index (χ0n) is 19.0. The van der Waals surface area contributed by atoms with Crippen LogP contribution in [0.3, 0.4) is 0 Å². The molecule has 1 aromatic heterocycles. The van der Waals surface area contributed by atoms with Crippen LogP contribution >= 0.6 is 11.3 Å². The predicted molar refractivity (Wildman–Crippen MR) is 133 cm³/mol. The lowest BCUT2D eigenvalue weighted by Gasteiger charge is -2.19. The van der Waals surface area contributed by atoms with Gasteiger partial charge in [0.2, 0.25) is 6.41 Å². The molecule has 0 atom stereocenters. The highest BCUT2D eigenvalue weighted by atomic mass is 32.1. The first-order valence-electron chi connectivity index (χ1n) is 10.3. The maximum absolute atomic E-state index is 13.2. The Morgan fingerprint density at radius 2 is 1.82 bits per heavy atom. The zero-order chi connectivity index (χ0) is 24.8. The van der Waals surface area contributed by atoms with Crippen LogP contribution in [0, 0.1) is 10.8 Å². The Morgan fingerprint density at radius 3 is 2.41 bits per heavy atom. The number of hydrogen-bond acceptors (Lipinski definition) is 8. The number of carbonyl (C=O) groups excluding carboxylic acids is 3. The van der Waals surface area contributed by atoms with Crippen molar-refractivity contribution in [2.75, 3.05) is 32.6 Å². The number of nitrogens with one attached hydrogen (secondary N) is 3. The maximum Gasteiger partial charge on any atom is 0.263 e. The number of allylic oxidation sites excluding steroid dienone is 2. The molecule has 1 aliphatic carbocycles. The van der Waals surface area contributed by atoms with E-state index in [1.54, 1.807) is 32.2 Å². The van der Waals surface area contributed by atoms with Crippen LogP contribution in [0.15, 0.2) is 54.1 Å². The van der Waals surface area contributed by atoms with Gasteiger partial charge in [0.25, 0.3) is 11.8 Å². The summed E-state index contributed by atoms with van der Waals surface area (Å²) in [6.45, 7) is 0.263. The number of methoxy groups -OCH3 is 1. The van der Waals surface area contributed by atoms with E-state index in [1.807, 2.05) is 24.3 Å². The summed E-state index contributed by atoms with van der Waals surface area (Å²) in [6.07, 6.45) is 4.93. The Hall–Kier alpha value is -4.05. The van der Waals surface area contributed by atoms with E-state index in [1.165, 1.54) is 18.2 Å². The van der Waals surface area contributed by atoms with Gasteiger partial charge in [-0.3, -0.25) is 30.1 Å². The smallest absolute Gasteiger partial charge is 0.263 e. The van der Waals surface area contributed by atoms with Crippen LogP contribution in [0.25, 0.3) is 0 Å². The Bertz CT molecular complexity index is 1190. The van der Waals surface area contributed by atoms with Crippen molar-refractivity contribution in [3.8, 4) is 5.75 Å². The Labute approximate surface area is 201 Å². The Kier molecular flexibility index (Phi) is 7.75. The molecule has 176 valence electrons. The molecule has 34 heavy (non-hydrogen) atoms. The second-order valence-corrected chi connectivity index (χ2v) is 8.70. The monoisotopic (exact) mass is 479 g/mol. The molecule has 2 aromatic rings. The van der Waals surface area contributed by atoms with E-state index in [0.29, 0.717) is 28.4 Å². The molecule has 9 nitrogen and oxygen atoms in total. The van der Waals surface area contributed by atoms with Gasteiger partial charge in [0.15, 0.2) is 0 Å². The van der Waals surface area contributed by atoms with Gasteiger partial charge in [0.1, 0.15) is 10.8 Å². The average molecular weight is 480 g/mol. The molecule has 0 unspecified atom stereocenters. The highest BCUT2D eigenvalue weighted by molar-refractivity contribution is 7.18. The summed E-state index contributed by atoms with van der Waals surface area (Å²) in [4.78, 5) is 40.7. The normalized spacial score (nSPS) is 12.7. The van der Waals surface area contributed by atoms with Crippen molar-refractivity contribution in [2.45, 2.75) is 6.54 Å². The number of imide groups is 1. The van der Waals surface area contributed by atoms with Gasteiger partial charge >= 0.3 is 0 Å². The molecule has 10 heteroatoms. The lowest BCUT2D eigenvalue weighted by atomic mass is 10.0. The van der Waals surface area contributed by atoms with E-state index in [0.717, 1.165) is 27.5 Å². The molecule has 0 spiro atoms. The molecule has 0 bridgehead atoms.